The molecule has 0 spiro atoms. The Morgan fingerprint density at radius 1 is 1.08 bits per heavy atom. The van der Waals surface area contributed by atoms with Crippen LogP contribution in [0, 0.1) is 5.92 Å². The molecule has 0 saturated heterocycles. The Bertz CT molecular complexity index is 623. The van der Waals surface area contributed by atoms with Gasteiger partial charge in [-0.25, -0.2) is 0 Å². The van der Waals surface area contributed by atoms with Gasteiger partial charge in [-0.1, -0.05) is 20.8 Å². The van der Waals surface area contributed by atoms with E-state index in [1.807, 2.05) is 20.8 Å². The van der Waals surface area contributed by atoms with Crippen molar-refractivity contribution in [2.24, 2.45) is 5.92 Å². The average molecular weight is 334 g/mol. The van der Waals surface area contributed by atoms with Gasteiger partial charge >= 0.3 is 5.97 Å². The van der Waals surface area contributed by atoms with E-state index in [-0.39, 0.29) is 5.78 Å². The van der Waals surface area contributed by atoms with Gasteiger partial charge in [-0.2, -0.15) is 0 Å². The first-order valence-corrected chi connectivity index (χ1v) is 8.47. The van der Waals surface area contributed by atoms with E-state index in [1.54, 1.807) is 19.2 Å². The highest BCUT2D eigenvalue weighted by Gasteiger charge is 2.41. The van der Waals surface area contributed by atoms with Crippen LogP contribution < -0.4 is 9.47 Å². The molecule has 1 aromatic rings. The second-order valence-electron chi connectivity index (χ2n) is 6.15. The molecule has 0 heterocycles. The molecule has 0 bridgehead atoms. The number of ether oxygens (including phenoxy) is 3. The third-order valence-corrected chi connectivity index (χ3v) is 5.15. The molecule has 1 unspecified atom stereocenters. The summed E-state index contributed by atoms with van der Waals surface area (Å²) in [5.41, 5.74) is 0.834. The number of carbonyl (C=O) groups is 2. The fourth-order valence-corrected chi connectivity index (χ4v) is 3.26. The fraction of sp³-hybridized carbons (Fsp3) is 0.579. The molecule has 0 aliphatic heterocycles. The van der Waals surface area contributed by atoms with E-state index in [2.05, 4.69) is 0 Å². The van der Waals surface area contributed by atoms with Crippen LogP contribution in [0.15, 0.2) is 12.1 Å². The van der Waals surface area contributed by atoms with Crippen molar-refractivity contribution in [2.75, 3.05) is 14.2 Å². The molecule has 0 fully saturated rings. The number of esters is 1. The predicted octanol–water partition coefficient (Wildman–Crippen LogP) is 3.57. The minimum atomic E-state index is -0.777. The molecular formula is C19H26O5. The van der Waals surface area contributed by atoms with Crippen molar-refractivity contribution in [3.8, 4) is 11.5 Å². The van der Waals surface area contributed by atoms with Crippen molar-refractivity contribution in [3.63, 3.8) is 0 Å². The molecule has 0 aromatic heterocycles. The van der Waals surface area contributed by atoms with Gasteiger partial charge in [0.2, 0.25) is 0 Å². The van der Waals surface area contributed by atoms with Gasteiger partial charge in [0.15, 0.2) is 17.3 Å². The zero-order valence-electron chi connectivity index (χ0n) is 15.1. The minimum Gasteiger partial charge on any atom is -0.493 e. The third-order valence-electron chi connectivity index (χ3n) is 5.15. The average Bonchev–Trinajstić information content (AvgIpc) is 2.94. The number of Topliss-reactive ketones (excluding diaryl/α,β-unsaturated/α-hetero) is 1. The van der Waals surface area contributed by atoms with Crippen molar-refractivity contribution in [1.29, 1.82) is 0 Å². The minimum absolute atomic E-state index is 0.201. The molecule has 0 amide bonds. The molecule has 1 aromatic carbocycles. The summed E-state index contributed by atoms with van der Waals surface area (Å²) in [6, 6.07) is 3.42. The maximum atomic E-state index is 12.7. The number of fused-ring (bicyclic) bond motifs is 1. The Morgan fingerprint density at radius 2 is 1.62 bits per heavy atom. The molecule has 1 aliphatic carbocycles. The Hall–Kier alpha value is -2.04. The van der Waals surface area contributed by atoms with Gasteiger partial charge in [-0.15, -0.1) is 0 Å². The van der Waals surface area contributed by atoms with Crippen LogP contribution in [0.5, 0.6) is 11.5 Å². The summed E-state index contributed by atoms with van der Waals surface area (Å²) in [5.74, 6) is -0.361. The highest BCUT2D eigenvalue weighted by atomic mass is 16.6. The number of hydrogen-bond donors (Lipinski definition) is 0. The number of rotatable bonds is 7. The molecule has 1 atom stereocenters. The monoisotopic (exact) mass is 334 g/mol. The summed E-state index contributed by atoms with van der Waals surface area (Å²) in [5, 5.41) is 0. The van der Waals surface area contributed by atoms with Crippen LogP contribution >= 0.6 is 0 Å². The van der Waals surface area contributed by atoms with E-state index < -0.39 is 17.5 Å². The van der Waals surface area contributed by atoms with Gasteiger partial charge in [0.25, 0.3) is 0 Å². The van der Waals surface area contributed by atoms with Crippen molar-refractivity contribution < 1.29 is 23.8 Å². The lowest BCUT2D eigenvalue weighted by Gasteiger charge is -2.31. The van der Waals surface area contributed by atoms with Crippen molar-refractivity contribution in [3.05, 3.63) is 23.3 Å². The second-order valence-corrected chi connectivity index (χ2v) is 6.15. The lowest BCUT2D eigenvalue weighted by molar-refractivity contribution is -0.164. The predicted molar refractivity (Wildman–Crippen MR) is 90.8 cm³/mol. The summed E-state index contributed by atoms with van der Waals surface area (Å²) < 4.78 is 16.3. The van der Waals surface area contributed by atoms with Crippen LogP contribution in [0.3, 0.4) is 0 Å². The largest absolute Gasteiger partial charge is 0.493 e. The summed E-state index contributed by atoms with van der Waals surface area (Å²) in [7, 11) is 3.07. The van der Waals surface area contributed by atoms with Crippen molar-refractivity contribution >= 4 is 11.8 Å². The Labute approximate surface area is 143 Å². The maximum Gasteiger partial charge on any atom is 0.317 e. The summed E-state index contributed by atoms with van der Waals surface area (Å²) in [4.78, 5) is 25.3. The molecule has 24 heavy (non-hydrogen) atoms. The molecule has 132 valence electrons. The highest BCUT2D eigenvalue weighted by molar-refractivity contribution is 6.12. The van der Waals surface area contributed by atoms with Crippen LogP contribution in [0.4, 0.5) is 0 Å². The SMILES string of the molecule is CCC(CC)(CC)OC(=O)C1Cc2cc(OC)c(OC)cc2C1=O. The van der Waals surface area contributed by atoms with Gasteiger partial charge in [0, 0.05) is 5.56 Å². The summed E-state index contributed by atoms with van der Waals surface area (Å²) in [6.07, 6.45) is 2.56. The van der Waals surface area contributed by atoms with Gasteiger partial charge in [-0.3, -0.25) is 9.59 Å². The summed E-state index contributed by atoms with van der Waals surface area (Å²) in [6.45, 7) is 6.00. The first kappa shape index (κ1) is 18.3. The van der Waals surface area contributed by atoms with E-state index in [9.17, 15) is 9.59 Å². The molecule has 5 nitrogen and oxygen atoms in total. The number of hydrogen-bond acceptors (Lipinski definition) is 5. The zero-order chi connectivity index (χ0) is 17.9. The van der Waals surface area contributed by atoms with Crippen LogP contribution in [-0.2, 0) is 16.0 Å². The molecule has 2 rings (SSSR count). The molecule has 0 radical (unpaired) electrons. The molecule has 0 saturated carbocycles. The topological polar surface area (TPSA) is 61.8 Å². The third kappa shape index (κ3) is 3.12. The van der Waals surface area contributed by atoms with Crippen LogP contribution in [-0.4, -0.2) is 31.6 Å². The van der Waals surface area contributed by atoms with E-state index in [1.165, 1.54) is 7.11 Å². The molecule has 5 heteroatoms. The van der Waals surface area contributed by atoms with Crippen LogP contribution in [0.1, 0.15) is 56.0 Å². The Balaban J connectivity index is 2.26. The smallest absolute Gasteiger partial charge is 0.317 e. The van der Waals surface area contributed by atoms with Gasteiger partial charge in [0.1, 0.15) is 11.5 Å². The standard InChI is InChI=1S/C19H26O5/c1-6-19(7-2,8-3)24-18(21)14-9-12-10-15(22-4)16(23-5)11-13(12)17(14)20/h10-11,14H,6-9H2,1-5H3. The first-order valence-electron chi connectivity index (χ1n) is 8.47. The number of methoxy groups -OCH3 is 2. The highest BCUT2D eigenvalue weighted by Crippen LogP contribution is 2.38. The van der Waals surface area contributed by atoms with E-state index >= 15 is 0 Å². The Morgan fingerprint density at radius 3 is 2.12 bits per heavy atom. The number of benzene rings is 1. The normalized spacial score (nSPS) is 16.7. The van der Waals surface area contributed by atoms with Gasteiger partial charge in [-0.05, 0) is 43.4 Å². The van der Waals surface area contributed by atoms with Crippen LogP contribution in [0.25, 0.3) is 0 Å². The first-order chi connectivity index (χ1) is 11.4. The molecule has 1 aliphatic rings. The lowest BCUT2D eigenvalue weighted by atomic mass is 9.93. The van der Waals surface area contributed by atoms with E-state index in [4.69, 9.17) is 14.2 Å². The zero-order valence-corrected chi connectivity index (χ0v) is 15.1. The van der Waals surface area contributed by atoms with E-state index in [0.717, 1.165) is 24.8 Å². The second kappa shape index (κ2) is 7.24. The number of ketones is 1. The van der Waals surface area contributed by atoms with E-state index in [0.29, 0.717) is 23.5 Å². The molecule has 0 N–H and O–H groups in total. The lowest BCUT2D eigenvalue weighted by Crippen LogP contribution is -2.37. The Kier molecular flexibility index (Phi) is 5.52. The quantitative estimate of drug-likeness (QED) is 0.563. The van der Waals surface area contributed by atoms with Crippen molar-refractivity contribution in [2.45, 2.75) is 52.1 Å². The summed E-state index contributed by atoms with van der Waals surface area (Å²) >= 11 is 0. The number of carbonyl (C=O) groups excluding carboxylic acids is 2. The van der Waals surface area contributed by atoms with Crippen molar-refractivity contribution in [1.82, 2.24) is 0 Å². The molecular weight excluding hydrogens is 308 g/mol. The van der Waals surface area contributed by atoms with Crippen LogP contribution in [0.2, 0.25) is 0 Å². The van der Waals surface area contributed by atoms with Gasteiger partial charge < -0.3 is 14.2 Å². The fourth-order valence-electron chi connectivity index (χ4n) is 3.26. The van der Waals surface area contributed by atoms with Gasteiger partial charge in [0.05, 0.1) is 14.2 Å². The maximum absolute atomic E-state index is 12.7.